The quantitative estimate of drug-likeness (QED) is 0.666. The Morgan fingerprint density at radius 1 is 1.26 bits per heavy atom. The normalized spacial score (nSPS) is 15.6. The average Bonchev–Trinajstić information content (AvgIpc) is 2.58. The number of hydrogen-bond acceptors (Lipinski definition) is 4. The summed E-state index contributed by atoms with van der Waals surface area (Å²) in [6.07, 6.45) is -3.32. The maximum Gasteiger partial charge on any atom is 0.417 e. The second kappa shape index (κ2) is 7.93. The van der Waals surface area contributed by atoms with Gasteiger partial charge in [0.2, 0.25) is 22.3 Å². The summed E-state index contributed by atoms with van der Waals surface area (Å²) in [5.41, 5.74) is -1.50. The van der Waals surface area contributed by atoms with Gasteiger partial charge < -0.3 is 9.80 Å². The second-order valence-corrected chi connectivity index (χ2v) is 8.27. The van der Waals surface area contributed by atoms with E-state index in [4.69, 9.17) is 11.6 Å². The molecule has 2 amide bonds. The summed E-state index contributed by atoms with van der Waals surface area (Å²) in [4.78, 5) is 26.0. The Kier molecular flexibility index (Phi) is 6.25. The molecule has 1 aliphatic rings. The molecule has 0 radical (unpaired) electrons. The monoisotopic (exact) mass is 427 g/mol. The Labute approximate surface area is 159 Å². The van der Waals surface area contributed by atoms with Crippen molar-refractivity contribution in [3.8, 4) is 0 Å². The van der Waals surface area contributed by atoms with Crippen molar-refractivity contribution in [3.05, 3.63) is 28.8 Å². The standard InChI is InChI=1S/C15H17ClF3N3O4S/c1-27(25,26)22(9-14(24)21-6-4-20(10-23)5-7-21)11-2-3-13(16)12(8-11)15(17,18)19/h2-3,8,10H,4-7,9H2,1H3. The Hall–Kier alpha value is -2.01. The van der Waals surface area contributed by atoms with E-state index in [1.165, 1.54) is 9.80 Å². The number of carbonyl (C=O) groups is 2. The largest absolute Gasteiger partial charge is 0.417 e. The lowest BCUT2D eigenvalue weighted by Gasteiger charge is -2.34. The molecule has 2 rings (SSSR count). The van der Waals surface area contributed by atoms with E-state index in [0.717, 1.165) is 18.4 Å². The number of nitrogens with zero attached hydrogens (tertiary/aromatic N) is 3. The Morgan fingerprint density at radius 3 is 2.33 bits per heavy atom. The number of rotatable bonds is 5. The number of piperazine rings is 1. The number of sulfonamides is 1. The smallest absolute Gasteiger partial charge is 0.342 e. The first kappa shape index (κ1) is 21.3. The van der Waals surface area contributed by atoms with Crippen molar-refractivity contribution in [1.82, 2.24) is 9.80 Å². The highest BCUT2D eigenvalue weighted by Gasteiger charge is 2.35. The van der Waals surface area contributed by atoms with Crippen LogP contribution in [0.1, 0.15) is 5.56 Å². The van der Waals surface area contributed by atoms with Gasteiger partial charge in [0.25, 0.3) is 0 Å². The fourth-order valence-corrected chi connectivity index (χ4v) is 3.65. The molecule has 1 aromatic carbocycles. The number of anilines is 1. The SMILES string of the molecule is CS(=O)(=O)N(CC(=O)N1CCN(C=O)CC1)c1ccc(Cl)c(C(F)(F)F)c1. The summed E-state index contributed by atoms with van der Waals surface area (Å²) < 4.78 is 63.9. The van der Waals surface area contributed by atoms with Crippen molar-refractivity contribution >= 4 is 39.6 Å². The third-order valence-electron chi connectivity index (χ3n) is 4.04. The van der Waals surface area contributed by atoms with Gasteiger partial charge >= 0.3 is 6.18 Å². The summed E-state index contributed by atoms with van der Waals surface area (Å²) in [6, 6.07) is 2.64. The molecule has 1 aromatic rings. The molecule has 150 valence electrons. The zero-order valence-corrected chi connectivity index (χ0v) is 15.8. The lowest BCUT2D eigenvalue weighted by atomic mass is 10.2. The van der Waals surface area contributed by atoms with Crippen LogP contribution in [-0.4, -0.2) is 69.5 Å². The van der Waals surface area contributed by atoms with Crippen LogP contribution in [0.3, 0.4) is 0 Å². The van der Waals surface area contributed by atoms with E-state index in [2.05, 4.69) is 0 Å². The molecular weight excluding hydrogens is 411 g/mol. The molecule has 0 aliphatic carbocycles. The van der Waals surface area contributed by atoms with Crippen LogP contribution in [-0.2, 0) is 25.8 Å². The maximum atomic E-state index is 13.1. The summed E-state index contributed by atoms with van der Waals surface area (Å²) in [5, 5.41) is -0.573. The Morgan fingerprint density at radius 2 is 1.85 bits per heavy atom. The predicted octanol–water partition coefficient (Wildman–Crippen LogP) is 1.43. The number of alkyl halides is 3. The Bertz CT molecular complexity index is 824. The zero-order valence-electron chi connectivity index (χ0n) is 14.2. The van der Waals surface area contributed by atoms with Gasteiger partial charge in [0, 0.05) is 26.2 Å². The molecular formula is C15H17ClF3N3O4S. The van der Waals surface area contributed by atoms with Crippen LogP contribution in [0.5, 0.6) is 0 Å². The fourth-order valence-electron chi connectivity index (χ4n) is 2.59. The van der Waals surface area contributed by atoms with Crippen molar-refractivity contribution in [2.45, 2.75) is 6.18 Å². The molecule has 0 aromatic heterocycles. The van der Waals surface area contributed by atoms with Gasteiger partial charge in [-0.2, -0.15) is 13.2 Å². The van der Waals surface area contributed by atoms with Crippen LogP contribution in [0, 0.1) is 0 Å². The van der Waals surface area contributed by atoms with Crippen molar-refractivity contribution in [2.75, 3.05) is 43.3 Å². The van der Waals surface area contributed by atoms with Crippen LogP contribution >= 0.6 is 11.6 Å². The minimum absolute atomic E-state index is 0.212. The predicted molar refractivity (Wildman–Crippen MR) is 92.9 cm³/mol. The van der Waals surface area contributed by atoms with Crippen LogP contribution in [0.15, 0.2) is 18.2 Å². The second-order valence-electron chi connectivity index (χ2n) is 5.95. The topological polar surface area (TPSA) is 78.0 Å². The molecule has 12 heteroatoms. The molecule has 0 N–H and O–H groups in total. The molecule has 0 atom stereocenters. The number of carbonyl (C=O) groups excluding carboxylic acids is 2. The highest BCUT2D eigenvalue weighted by molar-refractivity contribution is 7.92. The zero-order chi connectivity index (χ0) is 20.4. The van der Waals surface area contributed by atoms with Gasteiger partial charge in [-0.1, -0.05) is 11.6 Å². The summed E-state index contributed by atoms with van der Waals surface area (Å²) in [5.74, 6) is -0.575. The molecule has 7 nitrogen and oxygen atoms in total. The van der Waals surface area contributed by atoms with E-state index in [-0.39, 0.29) is 18.8 Å². The molecule has 0 spiro atoms. The maximum absolute atomic E-state index is 13.1. The molecule has 0 saturated carbocycles. The van der Waals surface area contributed by atoms with Gasteiger partial charge in [0.1, 0.15) is 6.54 Å². The van der Waals surface area contributed by atoms with E-state index in [1.54, 1.807) is 0 Å². The first-order valence-corrected chi connectivity index (χ1v) is 9.97. The summed E-state index contributed by atoms with van der Waals surface area (Å²) in [7, 11) is -4.03. The summed E-state index contributed by atoms with van der Waals surface area (Å²) >= 11 is 5.56. The highest BCUT2D eigenvalue weighted by atomic mass is 35.5. The Balaban J connectivity index is 2.27. The lowest BCUT2D eigenvalue weighted by Crippen LogP contribution is -2.51. The van der Waals surface area contributed by atoms with Crippen molar-refractivity contribution in [1.29, 1.82) is 0 Å². The molecule has 0 unspecified atom stereocenters. The minimum Gasteiger partial charge on any atom is -0.342 e. The van der Waals surface area contributed by atoms with E-state index in [0.29, 0.717) is 29.9 Å². The third kappa shape index (κ3) is 5.25. The molecule has 1 fully saturated rings. The van der Waals surface area contributed by atoms with Gasteiger partial charge in [-0.05, 0) is 18.2 Å². The average molecular weight is 428 g/mol. The van der Waals surface area contributed by atoms with E-state index in [9.17, 15) is 31.2 Å². The highest BCUT2D eigenvalue weighted by Crippen LogP contribution is 2.37. The van der Waals surface area contributed by atoms with E-state index >= 15 is 0 Å². The van der Waals surface area contributed by atoms with Gasteiger partial charge in [-0.25, -0.2) is 8.42 Å². The lowest BCUT2D eigenvalue weighted by molar-refractivity contribution is -0.137. The first-order chi connectivity index (χ1) is 12.4. The number of hydrogen-bond donors (Lipinski definition) is 0. The summed E-state index contributed by atoms with van der Waals surface area (Å²) in [6.45, 7) is 0.368. The van der Waals surface area contributed by atoms with E-state index < -0.39 is 39.2 Å². The fraction of sp³-hybridized carbons (Fsp3) is 0.467. The van der Waals surface area contributed by atoms with Crippen molar-refractivity contribution in [2.24, 2.45) is 0 Å². The van der Waals surface area contributed by atoms with Gasteiger partial charge in [0.05, 0.1) is 22.5 Å². The third-order valence-corrected chi connectivity index (χ3v) is 5.51. The number of benzene rings is 1. The van der Waals surface area contributed by atoms with E-state index in [1.807, 2.05) is 0 Å². The van der Waals surface area contributed by atoms with Gasteiger partial charge in [-0.15, -0.1) is 0 Å². The van der Waals surface area contributed by atoms with Gasteiger partial charge in [0.15, 0.2) is 0 Å². The molecule has 1 heterocycles. The van der Waals surface area contributed by atoms with Crippen LogP contribution in [0.2, 0.25) is 5.02 Å². The van der Waals surface area contributed by atoms with Crippen LogP contribution < -0.4 is 4.31 Å². The molecule has 1 saturated heterocycles. The number of amides is 2. The van der Waals surface area contributed by atoms with Crippen molar-refractivity contribution < 1.29 is 31.2 Å². The minimum atomic E-state index is -4.77. The number of halogens is 4. The van der Waals surface area contributed by atoms with Crippen LogP contribution in [0.4, 0.5) is 18.9 Å². The van der Waals surface area contributed by atoms with Crippen molar-refractivity contribution in [3.63, 3.8) is 0 Å². The molecule has 27 heavy (non-hydrogen) atoms. The first-order valence-electron chi connectivity index (χ1n) is 7.75. The molecule has 0 bridgehead atoms. The van der Waals surface area contributed by atoms with Crippen LogP contribution in [0.25, 0.3) is 0 Å². The van der Waals surface area contributed by atoms with Gasteiger partial charge in [-0.3, -0.25) is 13.9 Å². The molecule has 1 aliphatic heterocycles.